The van der Waals surface area contributed by atoms with E-state index in [-0.39, 0.29) is 24.8 Å². The number of aryl methyl sites for hydroxylation is 2. The van der Waals surface area contributed by atoms with Crippen molar-refractivity contribution in [2.24, 2.45) is 0 Å². The lowest BCUT2D eigenvalue weighted by molar-refractivity contribution is -0.00554. The summed E-state index contributed by atoms with van der Waals surface area (Å²) in [5.74, 6) is 1.39. The Bertz CT molecular complexity index is 926. The van der Waals surface area contributed by atoms with E-state index in [0.717, 1.165) is 35.7 Å². The van der Waals surface area contributed by atoms with Crippen LogP contribution in [0.3, 0.4) is 0 Å². The molecule has 1 fully saturated rings. The average molecular weight is 429 g/mol. The zero-order valence-electron chi connectivity index (χ0n) is 19.2. The van der Waals surface area contributed by atoms with Gasteiger partial charge >= 0.3 is 6.03 Å². The monoisotopic (exact) mass is 428 g/mol. The number of hydrogen-bond acceptors (Lipinski definition) is 7. The summed E-state index contributed by atoms with van der Waals surface area (Å²) in [5, 5.41) is 14.4. The lowest BCUT2D eigenvalue weighted by atomic mass is 10.2. The van der Waals surface area contributed by atoms with E-state index in [4.69, 9.17) is 9.47 Å². The van der Waals surface area contributed by atoms with Crippen LogP contribution in [0.5, 0.6) is 5.88 Å². The fourth-order valence-electron chi connectivity index (χ4n) is 3.74. The largest absolute Gasteiger partial charge is 0.478 e. The Kier molecular flexibility index (Phi) is 7.27. The summed E-state index contributed by atoms with van der Waals surface area (Å²) >= 11 is 0. The van der Waals surface area contributed by atoms with Gasteiger partial charge in [0.2, 0.25) is 5.88 Å². The number of amides is 2. The number of hydrogen-bond donors (Lipinski definition) is 2. The molecule has 0 unspecified atom stereocenters. The van der Waals surface area contributed by atoms with Crippen molar-refractivity contribution in [3.63, 3.8) is 0 Å². The second kappa shape index (κ2) is 9.91. The highest BCUT2D eigenvalue weighted by Gasteiger charge is 2.24. The van der Waals surface area contributed by atoms with Crippen molar-refractivity contribution in [1.29, 1.82) is 0 Å². The predicted molar refractivity (Wildman–Crippen MR) is 120 cm³/mol. The average Bonchev–Trinajstić information content (AvgIpc) is 2.69. The van der Waals surface area contributed by atoms with Crippen LogP contribution in [0.2, 0.25) is 0 Å². The van der Waals surface area contributed by atoms with E-state index in [1.807, 2.05) is 39.8 Å². The van der Waals surface area contributed by atoms with Crippen molar-refractivity contribution in [2.45, 2.75) is 60.3 Å². The van der Waals surface area contributed by atoms with Gasteiger partial charge in [-0.15, -0.1) is 5.10 Å². The van der Waals surface area contributed by atoms with Crippen molar-refractivity contribution >= 4 is 17.5 Å². The standard InChI is InChI=1S/C22H32N6O3/c1-7-30-21-17(6)19(9-14(3)24-21)25-22(29)23-10-18-8-13(2)20(27-26-18)28-11-15(4)31-16(5)12-28/h8-9,15-16H,7,10-12H2,1-6H3,(H2,23,24,25,29)/t15-,16+. The zero-order valence-corrected chi connectivity index (χ0v) is 19.2. The minimum atomic E-state index is -0.324. The second-order valence-electron chi connectivity index (χ2n) is 7.99. The fourth-order valence-corrected chi connectivity index (χ4v) is 3.74. The van der Waals surface area contributed by atoms with Crippen LogP contribution in [0, 0.1) is 20.8 Å². The maximum atomic E-state index is 12.4. The summed E-state index contributed by atoms with van der Waals surface area (Å²) in [5.41, 5.74) is 3.95. The molecule has 1 aliphatic rings. The molecule has 168 valence electrons. The van der Waals surface area contributed by atoms with E-state index < -0.39 is 0 Å². The smallest absolute Gasteiger partial charge is 0.319 e. The number of carbonyl (C=O) groups excluding carboxylic acids is 1. The SMILES string of the molecule is CCOc1nc(C)cc(NC(=O)NCc2cc(C)c(N3C[C@@H](C)O[C@@H](C)C3)nn2)c1C. The number of pyridine rings is 1. The molecule has 3 heterocycles. The highest BCUT2D eigenvalue weighted by molar-refractivity contribution is 5.90. The third kappa shape index (κ3) is 5.81. The number of rotatable bonds is 6. The number of morpholine rings is 1. The third-order valence-corrected chi connectivity index (χ3v) is 5.04. The van der Waals surface area contributed by atoms with Crippen molar-refractivity contribution in [3.05, 3.63) is 34.6 Å². The molecule has 0 aliphatic carbocycles. The quantitative estimate of drug-likeness (QED) is 0.729. The van der Waals surface area contributed by atoms with Crippen LogP contribution in [-0.4, -0.2) is 53.1 Å². The lowest BCUT2D eigenvalue weighted by Crippen LogP contribution is -2.46. The maximum Gasteiger partial charge on any atom is 0.319 e. The molecule has 0 bridgehead atoms. The normalized spacial score (nSPS) is 18.6. The van der Waals surface area contributed by atoms with E-state index in [1.165, 1.54) is 0 Å². The molecule has 1 aliphatic heterocycles. The van der Waals surface area contributed by atoms with Gasteiger partial charge in [-0.25, -0.2) is 9.78 Å². The number of carbonyl (C=O) groups is 1. The van der Waals surface area contributed by atoms with Crippen LogP contribution in [0.25, 0.3) is 0 Å². The lowest BCUT2D eigenvalue weighted by Gasteiger charge is -2.36. The fraction of sp³-hybridized carbons (Fsp3) is 0.545. The summed E-state index contributed by atoms with van der Waals surface area (Å²) in [6.45, 7) is 14.1. The van der Waals surface area contributed by atoms with Crippen LogP contribution in [0.15, 0.2) is 12.1 Å². The molecular formula is C22H32N6O3. The van der Waals surface area contributed by atoms with E-state index in [1.54, 1.807) is 0 Å². The Balaban J connectivity index is 1.61. The molecule has 2 amide bonds. The number of anilines is 2. The molecule has 0 saturated carbocycles. The van der Waals surface area contributed by atoms with Gasteiger partial charge < -0.3 is 25.0 Å². The van der Waals surface area contributed by atoms with E-state index >= 15 is 0 Å². The first-order valence-corrected chi connectivity index (χ1v) is 10.7. The first kappa shape index (κ1) is 22.7. The highest BCUT2D eigenvalue weighted by Crippen LogP contribution is 2.25. The Labute approximate surface area is 183 Å². The molecule has 2 atom stereocenters. The van der Waals surface area contributed by atoms with E-state index in [9.17, 15) is 4.79 Å². The van der Waals surface area contributed by atoms with E-state index in [0.29, 0.717) is 23.9 Å². The molecule has 2 aromatic rings. The molecule has 2 N–H and O–H groups in total. The van der Waals surface area contributed by atoms with Crippen molar-refractivity contribution in [2.75, 3.05) is 29.9 Å². The molecule has 9 heteroatoms. The van der Waals surface area contributed by atoms with Gasteiger partial charge in [-0.3, -0.25) is 0 Å². The second-order valence-corrected chi connectivity index (χ2v) is 7.99. The molecule has 2 aromatic heterocycles. The summed E-state index contributed by atoms with van der Waals surface area (Å²) < 4.78 is 11.3. The molecule has 0 radical (unpaired) electrons. The minimum Gasteiger partial charge on any atom is -0.478 e. The summed E-state index contributed by atoms with van der Waals surface area (Å²) in [6, 6.07) is 3.46. The van der Waals surface area contributed by atoms with Crippen molar-refractivity contribution in [1.82, 2.24) is 20.5 Å². The van der Waals surface area contributed by atoms with Gasteiger partial charge in [0.05, 0.1) is 36.7 Å². The molecule has 0 aromatic carbocycles. The van der Waals surface area contributed by atoms with Crippen LogP contribution >= 0.6 is 0 Å². The van der Waals surface area contributed by atoms with Gasteiger partial charge in [0, 0.05) is 24.3 Å². The third-order valence-electron chi connectivity index (χ3n) is 5.04. The number of nitrogens with zero attached hydrogens (tertiary/aromatic N) is 4. The number of ether oxygens (including phenoxy) is 2. The first-order chi connectivity index (χ1) is 14.8. The van der Waals surface area contributed by atoms with Gasteiger partial charge in [0.1, 0.15) is 0 Å². The summed E-state index contributed by atoms with van der Waals surface area (Å²) in [7, 11) is 0. The number of aromatic nitrogens is 3. The topological polar surface area (TPSA) is 102 Å². The molecule has 0 spiro atoms. The molecule has 31 heavy (non-hydrogen) atoms. The maximum absolute atomic E-state index is 12.4. The number of urea groups is 1. The Morgan fingerprint density at radius 1 is 1.19 bits per heavy atom. The van der Waals surface area contributed by atoms with E-state index in [2.05, 4.69) is 44.6 Å². The van der Waals surface area contributed by atoms with Crippen LogP contribution in [-0.2, 0) is 11.3 Å². The van der Waals surface area contributed by atoms with Gasteiger partial charge in [0.15, 0.2) is 5.82 Å². The summed E-state index contributed by atoms with van der Waals surface area (Å²) in [6.07, 6.45) is 0.303. The van der Waals surface area contributed by atoms with Gasteiger partial charge in [0.25, 0.3) is 0 Å². The number of nitrogens with one attached hydrogen (secondary N) is 2. The minimum absolute atomic E-state index is 0.151. The zero-order chi connectivity index (χ0) is 22.5. The van der Waals surface area contributed by atoms with Crippen molar-refractivity contribution in [3.8, 4) is 5.88 Å². The van der Waals surface area contributed by atoms with Crippen LogP contribution in [0.4, 0.5) is 16.3 Å². The van der Waals surface area contributed by atoms with Crippen LogP contribution < -0.4 is 20.3 Å². The van der Waals surface area contributed by atoms with Gasteiger partial charge in [-0.1, -0.05) is 0 Å². The predicted octanol–water partition coefficient (Wildman–Crippen LogP) is 3.13. The van der Waals surface area contributed by atoms with Crippen molar-refractivity contribution < 1.29 is 14.3 Å². The Morgan fingerprint density at radius 2 is 1.90 bits per heavy atom. The molecular weight excluding hydrogens is 396 g/mol. The first-order valence-electron chi connectivity index (χ1n) is 10.7. The molecule has 3 rings (SSSR count). The van der Waals surface area contributed by atoms with Crippen LogP contribution in [0.1, 0.15) is 43.3 Å². The Hall–Kier alpha value is -2.94. The molecule has 1 saturated heterocycles. The van der Waals surface area contributed by atoms with Gasteiger partial charge in [-0.2, -0.15) is 5.10 Å². The van der Waals surface area contributed by atoms with Gasteiger partial charge in [-0.05, 0) is 59.2 Å². The Morgan fingerprint density at radius 3 is 2.55 bits per heavy atom. The summed E-state index contributed by atoms with van der Waals surface area (Å²) in [4.78, 5) is 19.0. The molecule has 9 nitrogen and oxygen atoms in total. The highest BCUT2D eigenvalue weighted by atomic mass is 16.5.